The number of benzene rings is 2. The molecular formula is C26H26N6. The summed E-state index contributed by atoms with van der Waals surface area (Å²) in [6.45, 7) is 5.93. The molecule has 0 aliphatic carbocycles. The number of imidazole rings is 1. The Kier molecular flexibility index (Phi) is 4.47. The number of fused-ring (bicyclic) bond motifs is 2. The highest BCUT2D eigenvalue weighted by Crippen LogP contribution is 2.28. The van der Waals surface area contributed by atoms with Crippen molar-refractivity contribution in [3.63, 3.8) is 0 Å². The second-order valence-corrected chi connectivity index (χ2v) is 8.62. The highest BCUT2D eigenvalue weighted by molar-refractivity contribution is 5.83. The summed E-state index contributed by atoms with van der Waals surface area (Å²) in [5.41, 5.74) is 7.21. The van der Waals surface area contributed by atoms with E-state index < -0.39 is 0 Å². The minimum Gasteiger partial charge on any atom is -0.350 e. The Balaban J connectivity index is 1.27. The van der Waals surface area contributed by atoms with Crippen LogP contribution in [0.5, 0.6) is 0 Å². The molecule has 0 bridgehead atoms. The van der Waals surface area contributed by atoms with Crippen molar-refractivity contribution in [2.75, 3.05) is 6.54 Å². The lowest BCUT2D eigenvalue weighted by atomic mass is 10.1. The molecule has 6 heteroatoms. The zero-order valence-corrected chi connectivity index (χ0v) is 18.4. The highest BCUT2D eigenvalue weighted by Gasteiger charge is 2.24. The summed E-state index contributed by atoms with van der Waals surface area (Å²) >= 11 is 0. The molecule has 1 aliphatic heterocycles. The van der Waals surface area contributed by atoms with Crippen LogP contribution in [0.15, 0.2) is 73.2 Å². The number of hydrogen-bond acceptors (Lipinski definition) is 3. The topological polar surface area (TPSA) is 43.8 Å². The van der Waals surface area contributed by atoms with Crippen LogP contribution in [0.3, 0.4) is 0 Å². The lowest BCUT2D eigenvalue weighted by Crippen LogP contribution is -2.33. The Morgan fingerprint density at radius 1 is 0.938 bits per heavy atom. The minimum atomic E-state index is 0.912. The predicted molar refractivity (Wildman–Crippen MR) is 127 cm³/mol. The summed E-state index contributed by atoms with van der Waals surface area (Å²) in [4.78, 5) is 7.47. The second-order valence-electron chi connectivity index (χ2n) is 8.62. The maximum absolute atomic E-state index is 4.94. The Bertz CT molecular complexity index is 1410. The fraction of sp³-hybridized carbons (Fsp3) is 0.231. The van der Waals surface area contributed by atoms with Crippen LogP contribution in [0.2, 0.25) is 0 Å². The first-order valence-electron chi connectivity index (χ1n) is 11.1. The lowest BCUT2D eigenvalue weighted by molar-refractivity contribution is 0.214. The van der Waals surface area contributed by atoms with Gasteiger partial charge in [-0.3, -0.25) is 4.90 Å². The van der Waals surface area contributed by atoms with Crippen LogP contribution in [0.4, 0.5) is 0 Å². The first kappa shape index (κ1) is 19.1. The zero-order chi connectivity index (χ0) is 21.7. The molecule has 0 fully saturated rings. The first-order chi connectivity index (χ1) is 15.7. The minimum absolute atomic E-state index is 0.912. The molecule has 3 aromatic heterocycles. The van der Waals surface area contributed by atoms with E-state index in [0.717, 1.165) is 48.9 Å². The van der Waals surface area contributed by atoms with E-state index in [1.54, 1.807) is 0 Å². The molecule has 1 aliphatic rings. The van der Waals surface area contributed by atoms with Crippen LogP contribution < -0.4 is 0 Å². The van der Waals surface area contributed by atoms with Crippen molar-refractivity contribution < 1.29 is 0 Å². The van der Waals surface area contributed by atoms with Gasteiger partial charge in [-0.2, -0.15) is 5.10 Å². The standard InChI is InChI=1S/C26H26N6/c1-19-25-18-30(16-21-15-29(2)24-11-7-6-10-23(21)24)12-13-31(25)26(28-19)20-14-27-32(17-20)22-8-4-3-5-9-22/h3-11,14-15,17H,12-13,16,18H2,1-2H3. The van der Waals surface area contributed by atoms with Crippen molar-refractivity contribution in [1.82, 2.24) is 28.8 Å². The fourth-order valence-electron chi connectivity index (χ4n) is 4.89. The van der Waals surface area contributed by atoms with E-state index in [1.807, 2.05) is 29.1 Å². The fourth-order valence-corrected chi connectivity index (χ4v) is 4.89. The van der Waals surface area contributed by atoms with Gasteiger partial charge in [-0.1, -0.05) is 36.4 Å². The molecule has 6 rings (SSSR count). The molecule has 0 saturated carbocycles. The Morgan fingerprint density at radius 3 is 2.62 bits per heavy atom. The van der Waals surface area contributed by atoms with Crippen LogP contribution in [-0.4, -0.2) is 35.3 Å². The van der Waals surface area contributed by atoms with Crippen molar-refractivity contribution in [3.05, 3.63) is 90.1 Å². The zero-order valence-electron chi connectivity index (χ0n) is 18.4. The van der Waals surface area contributed by atoms with Gasteiger partial charge in [-0.05, 0) is 30.7 Å². The summed E-state index contributed by atoms with van der Waals surface area (Å²) in [6.07, 6.45) is 6.27. The van der Waals surface area contributed by atoms with E-state index in [-0.39, 0.29) is 0 Å². The smallest absolute Gasteiger partial charge is 0.143 e. The quantitative estimate of drug-likeness (QED) is 0.427. The monoisotopic (exact) mass is 422 g/mol. The van der Waals surface area contributed by atoms with E-state index in [1.165, 1.54) is 22.2 Å². The number of aromatic nitrogens is 5. The summed E-state index contributed by atoms with van der Waals surface area (Å²) in [7, 11) is 2.13. The van der Waals surface area contributed by atoms with Gasteiger partial charge in [-0.15, -0.1) is 0 Å². The number of nitrogens with zero attached hydrogens (tertiary/aromatic N) is 6. The van der Waals surface area contributed by atoms with Crippen molar-refractivity contribution >= 4 is 10.9 Å². The summed E-state index contributed by atoms with van der Waals surface area (Å²) in [6, 6.07) is 18.9. The molecule has 4 heterocycles. The van der Waals surface area contributed by atoms with Crippen molar-refractivity contribution in [3.8, 4) is 17.1 Å². The van der Waals surface area contributed by atoms with Crippen LogP contribution >= 0.6 is 0 Å². The van der Waals surface area contributed by atoms with Crippen LogP contribution in [0.25, 0.3) is 28.0 Å². The third-order valence-electron chi connectivity index (χ3n) is 6.52. The molecule has 0 atom stereocenters. The average molecular weight is 423 g/mol. The average Bonchev–Trinajstić information content (AvgIpc) is 3.52. The maximum atomic E-state index is 4.94. The third kappa shape index (κ3) is 3.15. The maximum Gasteiger partial charge on any atom is 0.143 e. The SMILES string of the molecule is Cc1nc(-c2cnn(-c3ccccc3)c2)n2c1CN(Cc1cn(C)c3ccccc13)CC2. The van der Waals surface area contributed by atoms with Gasteiger partial charge in [0.15, 0.2) is 0 Å². The van der Waals surface area contributed by atoms with E-state index in [9.17, 15) is 0 Å². The van der Waals surface area contributed by atoms with Gasteiger partial charge in [0.05, 0.1) is 28.8 Å². The predicted octanol–water partition coefficient (Wildman–Crippen LogP) is 4.55. The van der Waals surface area contributed by atoms with Crippen LogP contribution in [0.1, 0.15) is 17.0 Å². The van der Waals surface area contributed by atoms with E-state index in [2.05, 4.69) is 81.9 Å². The molecule has 0 N–H and O–H groups in total. The molecule has 2 aromatic carbocycles. The number of aryl methyl sites for hydroxylation is 2. The molecular weight excluding hydrogens is 396 g/mol. The summed E-state index contributed by atoms with van der Waals surface area (Å²) in [5, 5.41) is 5.92. The Labute approximate surface area is 187 Å². The molecule has 0 amide bonds. The van der Waals surface area contributed by atoms with Crippen molar-refractivity contribution in [2.24, 2.45) is 7.05 Å². The van der Waals surface area contributed by atoms with Crippen LogP contribution in [-0.2, 0) is 26.7 Å². The first-order valence-corrected chi connectivity index (χ1v) is 11.1. The number of para-hydroxylation sites is 2. The molecule has 0 saturated heterocycles. The van der Waals surface area contributed by atoms with Crippen molar-refractivity contribution in [1.29, 1.82) is 0 Å². The van der Waals surface area contributed by atoms with Gasteiger partial charge < -0.3 is 9.13 Å². The van der Waals surface area contributed by atoms with Gasteiger partial charge >= 0.3 is 0 Å². The Hall–Kier alpha value is -3.64. The van der Waals surface area contributed by atoms with Gasteiger partial charge in [0.1, 0.15) is 5.82 Å². The van der Waals surface area contributed by atoms with Gasteiger partial charge in [0.2, 0.25) is 0 Å². The van der Waals surface area contributed by atoms with Crippen molar-refractivity contribution in [2.45, 2.75) is 26.6 Å². The molecule has 0 radical (unpaired) electrons. The number of hydrogen-bond donors (Lipinski definition) is 0. The normalized spacial score (nSPS) is 14.2. The molecule has 6 nitrogen and oxygen atoms in total. The lowest BCUT2D eigenvalue weighted by Gasteiger charge is -2.29. The van der Waals surface area contributed by atoms with Gasteiger partial charge in [0, 0.05) is 56.5 Å². The van der Waals surface area contributed by atoms with E-state index in [0.29, 0.717) is 0 Å². The highest BCUT2D eigenvalue weighted by atomic mass is 15.3. The molecule has 0 unspecified atom stereocenters. The third-order valence-corrected chi connectivity index (χ3v) is 6.52. The van der Waals surface area contributed by atoms with Crippen LogP contribution in [0, 0.1) is 6.92 Å². The second kappa shape index (κ2) is 7.50. The molecule has 0 spiro atoms. The molecule has 160 valence electrons. The van der Waals surface area contributed by atoms with E-state index >= 15 is 0 Å². The summed E-state index contributed by atoms with van der Waals surface area (Å²) < 4.78 is 6.52. The van der Waals surface area contributed by atoms with Gasteiger partial charge in [0.25, 0.3) is 0 Å². The summed E-state index contributed by atoms with van der Waals surface area (Å²) in [5.74, 6) is 1.02. The largest absolute Gasteiger partial charge is 0.350 e. The van der Waals surface area contributed by atoms with E-state index in [4.69, 9.17) is 4.98 Å². The van der Waals surface area contributed by atoms with Gasteiger partial charge in [-0.25, -0.2) is 9.67 Å². The number of rotatable bonds is 4. The Morgan fingerprint density at radius 2 is 1.75 bits per heavy atom. The molecule has 32 heavy (non-hydrogen) atoms. The molecule has 5 aromatic rings.